The van der Waals surface area contributed by atoms with Crippen LogP contribution in [0.1, 0.15) is 48.9 Å². The largest absolute Gasteiger partial charge is 0.461 e. The molecule has 2 N–H and O–H groups in total. The third-order valence-electron chi connectivity index (χ3n) is 3.62. The van der Waals surface area contributed by atoms with Crippen molar-refractivity contribution in [2.45, 2.75) is 52.2 Å². The number of nitrogen functional groups attached to an aromatic ring is 1. The van der Waals surface area contributed by atoms with Crippen LogP contribution in [0.5, 0.6) is 0 Å². The second kappa shape index (κ2) is 6.74. The van der Waals surface area contributed by atoms with E-state index in [-0.39, 0.29) is 11.8 Å². The fourth-order valence-electron chi connectivity index (χ4n) is 2.52. The van der Waals surface area contributed by atoms with Crippen molar-refractivity contribution in [3.05, 3.63) is 11.5 Å². The number of imidazole rings is 1. The Hall–Kier alpha value is -1.56. The Bertz CT molecular complexity index is 464. The molecule has 0 aromatic carbocycles. The molecular formula is C14H23N3O3. The molecule has 1 saturated heterocycles. The molecule has 1 aliphatic rings. The van der Waals surface area contributed by atoms with Gasteiger partial charge in [-0.25, -0.2) is 9.78 Å². The Morgan fingerprint density at radius 2 is 2.35 bits per heavy atom. The van der Waals surface area contributed by atoms with Gasteiger partial charge in [-0.2, -0.15) is 0 Å². The summed E-state index contributed by atoms with van der Waals surface area (Å²) in [6, 6.07) is 0. The first-order valence-electron chi connectivity index (χ1n) is 7.24. The number of hydrogen-bond donors (Lipinski definition) is 1. The normalized spacial score (nSPS) is 19.0. The molecule has 1 unspecified atom stereocenters. The van der Waals surface area contributed by atoms with Gasteiger partial charge in [0.05, 0.1) is 12.7 Å². The van der Waals surface area contributed by atoms with Crippen molar-refractivity contribution in [1.82, 2.24) is 9.55 Å². The van der Waals surface area contributed by atoms with E-state index in [0.29, 0.717) is 12.4 Å². The molecule has 0 radical (unpaired) electrons. The molecule has 0 saturated carbocycles. The van der Waals surface area contributed by atoms with Crippen LogP contribution in [0.3, 0.4) is 0 Å². The molecule has 1 aromatic heterocycles. The first-order valence-corrected chi connectivity index (χ1v) is 7.24. The minimum Gasteiger partial charge on any atom is -0.461 e. The Morgan fingerprint density at radius 1 is 1.55 bits per heavy atom. The Morgan fingerprint density at radius 3 is 3.00 bits per heavy atom. The van der Waals surface area contributed by atoms with Gasteiger partial charge in [-0.3, -0.25) is 0 Å². The Labute approximate surface area is 119 Å². The van der Waals surface area contributed by atoms with Gasteiger partial charge >= 0.3 is 5.97 Å². The molecule has 1 aliphatic heterocycles. The molecule has 0 bridgehead atoms. The van der Waals surface area contributed by atoms with Crippen LogP contribution in [-0.2, 0) is 16.0 Å². The lowest BCUT2D eigenvalue weighted by molar-refractivity contribution is 0.00882. The van der Waals surface area contributed by atoms with Crippen LogP contribution in [0.15, 0.2) is 0 Å². The van der Waals surface area contributed by atoms with Crippen molar-refractivity contribution in [3.8, 4) is 0 Å². The molecule has 1 atom stereocenters. The zero-order valence-corrected chi connectivity index (χ0v) is 12.2. The summed E-state index contributed by atoms with van der Waals surface area (Å²) in [7, 11) is 0. The highest BCUT2D eigenvalue weighted by molar-refractivity contribution is 5.92. The number of rotatable bonds is 5. The second-order valence-corrected chi connectivity index (χ2v) is 5.04. The van der Waals surface area contributed by atoms with E-state index in [1.807, 2.05) is 11.5 Å². The molecule has 112 valence electrons. The number of carbonyl (C=O) groups excluding carboxylic acids is 1. The van der Waals surface area contributed by atoms with Crippen molar-refractivity contribution in [3.63, 3.8) is 0 Å². The smallest absolute Gasteiger partial charge is 0.360 e. The third-order valence-corrected chi connectivity index (χ3v) is 3.62. The molecule has 20 heavy (non-hydrogen) atoms. The molecule has 0 amide bonds. The molecule has 1 fully saturated rings. The van der Waals surface area contributed by atoms with Gasteiger partial charge in [0, 0.05) is 13.2 Å². The maximum atomic E-state index is 11.7. The van der Waals surface area contributed by atoms with E-state index in [0.717, 1.165) is 38.2 Å². The standard InChI is InChI=1S/C14H23N3O3/c1-3-19-14(18)12-13(15)17(10(2)16-12)8-7-11-6-4-5-9-20-11/h11H,3-9,15H2,1-2H3. The summed E-state index contributed by atoms with van der Waals surface area (Å²) in [6.45, 7) is 5.49. The number of anilines is 1. The minimum absolute atomic E-state index is 0.217. The summed E-state index contributed by atoms with van der Waals surface area (Å²) in [6.07, 6.45) is 4.64. The molecule has 0 spiro atoms. The van der Waals surface area contributed by atoms with Gasteiger partial charge < -0.3 is 19.8 Å². The first-order chi connectivity index (χ1) is 9.63. The van der Waals surface area contributed by atoms with E-state index in [4.69, 9.17) is 15.2 Å². The summed E-state index contributed by atoms with van der Waals surface area (Å²) >= 11 is 0. The molecule has 6 nitrogen and oxygen atoms in total. The highest BCUT2D eigenvalue weighted by Crippen LogP contribution is 2.20. The zero-order chi connectivity index (χ0) is 14.5. The fraction of sp³-hybridized carbons (Fsp3) is 0.714. The van der Waals surface area contributed by atoms with E-state index in [1.54, 1.807) is 6.92 Å². The van der Waals surface area contributed by atoms with Crippen molar-refractivity contribution in [2.75, 3.05) is 18.9 Å². The second-order valence-electron chi connectivity index (χ2n) is 5.04. The van der Waals surface area contributed by atoms with Crippen molar-refractivity contribution in [1.29, 1.82) is 0 Å². The van der Waals surface area contributed by atoms with Crippen LogP contribution in [0.2, 0.25) is 0 Å². The van der Waals surface area contributed by atoms with E-state index >= 15 is 0 Å². The van der Waals surface area contributed by atoms with Gasteiger partial charge in [-0.05, 0) is 39.5 Å². The van der Waals surface area contributed by atoms with Crippen LogP contribution in [0, 0.1) is 6.92 Å². The number of esters is 1. The van der Waals surface area contributed by atoms with Gasteiger partial charge in [0.25, 0.3) is 0 Å². The van der Waals surface area contributed by atoms with Crippen LogP contribution in [-0.4, -0.2) is 34.8 Å². The van der Waals surface area contributed by atoms with Gasteiger partial charge in [-0.15, -0.1) is 0 Å². The highest BCUT2D eigenvalue weighted by atomic mass is 16.5. The minimum atomic E-state index is -0.458. The third kappa shape index (κ3) is 3.30. The van der Waals surface area contributed by atoms with Gasteiger partial charge in [-0.1, -0.05) is 0 Å². The van der Waals surface area contributed by atoms with E-state index in [2.05, 4.69) is 4.98 Å². The molecule has 1 aromatic rings. The monoisotopic (exact) mass is 281 g/mol. The maximum absolute atomic E-state index is 11.7. The number of carbonyl (C=O) groups is 1. The summed E-state index contributed by atoms with van der Waals surface area (Å²) in [5.74, 6) is 0.666. The predicted molar refractivity (Wildman–Crippen MR) is 75.5 cm³/mol. The Balaban J connectivity index is 2.02. The number of hydrogen-bond acceptors (Lipinski definition) is 5. The molecule has 6 heteroatoms. The molecule has 2 heterocycles. The predicted octanol–water partition coefficient (Wildman–Crippen LogP) is 1.91. The average molecular weight is 281 g/mol. The number of nitrogens with two attached hydrogens (primary N) is 1. The molecular weight excluding hydrogens is 258 g/mol. The Kier molecular flexibility index (Phi) is 5.00. The van der Waals surface area contributed by atoms with Crippen LogP contribution < -0.4 is 5.73 Å². The first kappa shape index (κ1) is 14.8. The van der Waals surface area contributed by atoms with Crippen molar-refractivity contribution < 1.29 is 14.3 Å². The van der Waals surface area contributed by atoms with Crippen molar-refractivity contribution in [2.24, 2.45) is 0 Å². The van der Waals surface area contributed by atoms with Crippen LogP contribution >= 0.6 is 0 Å². The SMILES string of the molecule is CCOC(=O)c1nc(C)n(CCC2CCCCO2)c1N. The lowest BCUT2D eigenvalue weighted by Crippen LogP contribution is -2.21. The van der Waals surface area contributed by atoms with Gasteiger partial charge in [0.1, 0.15) is 11.6 Å². The number of nitrogens with zero attached hydrogens (tertiary/aromatic N) is 2. The molecule has 2 rings (SSSR count). The average Bonchev–Trinajstić information content (AvgIpc) is 2.73. The summed E-state index contributed by atoms with van der Waals surface area (Å²) < 4.78 is 12.5. The number of aromatic nitrogens is 2. The number of ether oxygens (including phenoxy) is 2. The van der Waals surface area contributed by atoms with Crippen molar-refractivity contribution >= 4 is 11.8 Å². The molecule has 0 aliphatic carbocycles. The van der Waals surface area contributed by atoms with E-state index < -0.39 is 5.97 Å². The van der Waals surface area contributed by atoms with Gasteiger partial charge in [0.2, 0.25) is 0 Å². The fourth-order valence-corrected chi connectivity index (χ4v) is 2.52. The summed E-state index contributed by atoms with van der Waals surface area (Å²) in [5.41, 5.74) is 6.23. The van der Waals surface area contributed by atoms with Gasteiger partial charge in [0.15, 0.2) is 5.69 Å². The topological polar surface area (TPSA) is 79.4 Å². The van der Waals surface area contributed by atoms with E-state index in [1.165, 1.54) is 6.42 Å². The zero-order valence-electron chi connectivity index (χ0n) is 12.2. The maximum Gasteiger partial charge on any atom is 0.360 e. The summed E-state index contributed by atoms with van der Waals surface area (Å²) in [4.78, 5) is 15.9. The number of aryl methyl sites for hydroxylation is 1. The summed E-state index contributed by atoms with van der Waals surface area (Å²) in [5, 5.41) is 0. The highest BCUT2D eigenvalue weighted by Gasteiger charge is 2.21. The van der Waals surface area contributed by atoms with Crippen LogP contribution in [0.25, 0.3) is 0 Å². The lowest BCUT2D eigenvalue weighted by atomic mass is 10.1. The quantitative estimate of drug-likeness (QED) is 0.834. The van der Waals surface area contributed by atoms with Crippen LogP contribution in [0.4, 0.5) is 5.82 Å². The lowest BCUT2D eigenvalue weighted by Gasteiger charge is -2.23. The van der Waals surface area contributed by atoms with E-state index in [9.17, 15) is 4.79 Å².